The van der Waals surface area contributed by atoms with E-state index in [1.807, 2.05) is 12.1 Å². The normalized spacial score (nSPS) is 12.4. The molecule has 2 rings (SSSR count). The van der Waals surface area contributed by atoms with Crippen molar-refractivity contribution in [2.45, 2.75) is 26.4 Å². The zero-order chi connectivity index (χ0) is 14.7. The number of halogens is 2. The van der Waals surface area contributed by atoms with E-state index in [4.69, 9.17) is 0 Å². The van der Waals surface area contributed by atoms with Crippen LogP contribution in [0.4, 0.5) is 0 Å². The summed E-state index contributed by atoms with van der Waals surface area (Å²) in [4.78, 5) is 0. The highest BCUT2D eigenvalue weighted by molar-refractivity contribution is 9.11. The third kappa shape index (κ3) is 3.62. The highest BCUT2D eigenvalue weighted by Crippen LogP contribution is 2.33. The molecule has 0 unspecified atom stereocenters. The first-order chi connectivity index (χ1) is 9.49. The van der Waals surface area contributed by atoms with E-state index < -0.39 is 0 Å². The summed E-state index contributed by atoms with van der Waals surface area (Å²) in [6.07, 6.45) is 0. The largest absolute Gasteiger partial charge is 0.506 e. The number of phenols is 1. The van der Waals surface area contributed by atoms with Crippen LogP contribution in [0.5, 0.6) is 5.75 Å². The highest BCUT2D eigenvalue weighted by atomic mass is 79.9. The van der Waals surface area contributed by atoms with Gasteiger partial charge in [0.2, 0.25) is 0 Å². The molecule has 0 saturated carbocycles. The predicted octanol–water partition coefficient (Wildman–Crippen LogP) is 5.08. The summed E-state index contributed by atoms with van der Waals surface area (Å²) >= 11 is 6.71. The van der Waals surface area contributed by atoms with E-state index in [1.54, 1.807) is 0 Å². The average Bonchev–Trinajstić information content (AvgIpc) is 2.42. The van der Waals surface area contributed by atoms with Crippen molar-refractivity contribution in [1.29, 1.82) is 0 Å². The fourth-order valence-electron chi connectivity index (χ4n) is 2.17. The first-order valence-electron chi connectivity index (χ1n) is 6.45. The Morgan fingerprint density at radius 1 is 1.15 bits per heavy atom. The van der Waals surface area contributed by atoms with Crippen molar-refractivity contribution < 1.29 is 5.11 Å². The number of hydrogen-bond donors (Lipinski definition) is 2. The van der Waals surface area contributed by atoms with E-state index in [0.717, 1.165) is 12.1 Å². The van der Waals surface area contributed by atoms with Gasteiger partial charge in [-0.15, -0.1) is 0 Å². The van der Waals surface area contributed by atoms with Gasteiger partial charge < -0.3 is 10.4 Å². The summed E-state index contributed by atoms with van der Waals surface area (Å²) in [6.45, 7) is 5.03. The lowest BCUT2D eigenvalue weighted by Gasteiger charge is -2.17. The molecular formula is C16H17Br2NO. The average molecular weight is 399 g/mol. The number of rotatable bonds is 4. The second-order valence-electron chi connectivity index (χ2n) is 4.87. The number of aromatic hydroxyl groups is 1. The van der Waals surface area contributed by atoms with E-state index in [2.05, 4.69) is 75.3 Å². The minimum Gasteiger partial charge on any atom is -0.506 e. The van der Waals surface area contributed by atoms with Crippen molar-refractivity contribution in [3.8, 4) is 5.75 Å². The SMILES string of the molecule is Cc1ccccc1[C@@H](C)NCc1cc(Br)c(O)c(Br)c1. The van der Waals surface area contributed by atoms with Crippen LogP contribution >= 0.6 is 31.9 Å². The lowest BCUT2D eigenvalue weighted by atomic mass is 10.0. The summed E-state index contributed by atoms with van der Waals surface area (Å²) in [5.41, 5.74) is 3.71. The smallest absolute Gasteiger partial charge is 0.143 e. The third-order valence-corrected chi connectivity index (χ3v) is 4.55. The monoisotopic (exact) mass is 397 g/mol. The molecule has 4 heteroatoms. The minimum absolute atomic E-state index is 0.237. The van der Waals surface area contributed by atoms with E-state index in [0.29, 0.717) is 8.95 Å². The molecule has 0 saturated heterocycles. The van der Waals surface area contributed by atoms with Gasteiger partial charge >= 0.3 is 0 Å². The molecule has 0 fully saturated rings. The second kappa shape index (κ2) is 6.74. The Balaban J connectivity index is 2.07. The van der Waals surface area contributed by atoms with Gasteiger partial charge in [-0.25, -0.2) is 0 Å². The summed E-state index contributed by atoms with van der Waals surface area (Å²) in [5.74, 6) is 0.237. The van der Waals surface area contributed by atoms with Gasteiger partial charge in [0.15, 0.2) is 0 Å². The fraction of sp³-hybridized carbons (Fsp3) is 0.250. The molecule has 0 amide bonds. The Hall–Kier alpha value is -0.840. The van der Waals surface area contributed by atoms with Crippen LogP contribution in [-0.2, 0) is 6.54 Å². The lowest BCUT2D eigenvalue weighted by molar-refractivity contribution is 0.467. The number of benzene rings is 2. The molecule has 2 nitrogen and oxygen atoms in total. The van der Waals surface area contributed by atoms with Gasteiger partial charge in [0.1, 0.15) is 5.75 Å². The number of aryl methyl sites for hydroxylation is 1. The molecule has 0 heterocycles. The first kappa shape index (κ1) is 15.5. The Labute approximate surface area is 136 Å². The molecule has 2 aromatic carbocycles. The van der Waals surface area contributed by atoms with Crippen molar-refractivity contribution in [3.05, 3.63) is 62.0 Å². The maximum Gasteiger partial charge on any atom is 0.143 e. The van der Waals surface area contributed by atoms with Gasteiger partial charge in [-0.1, -0.05) is 24.3 Å². The molecule has 0 aliphatic carbocycles. The molecule has 0 aromatic heterocycles. The molecule has 20 heavy (non-hydrogen) atoms. The van der Waals surface area contributed by atoms with Crippen LogP contribution in [0.2, 0.25) is 0 Å². The summed E-state index contributed by atoms with van der Waals surface area (Å²) in [6, 6.07) is 12.5. The standard InChI is InChI=1S/C16H17Br2NO/c1-10-5-3-4-6-13(10)11(2)19-9-12-7-14(17)16(20)15(18)8-12/h3-8,11,19-20H,9H2,1-2H3/t11-/m1/s1. The van der Waals surface area contributed by atoms with Crippen molar-refractivity contribution in [3.63, 3.8) is 0 Å². The van der Waals surface area contributed by atoms with Crippen LogP contribution in [0.15, 0.2) is 45.3 Å². The first-order valence-corrected chi connectivity index (χ1v) is 8.03. The Morgan fingerprint density at radius 2 is 1.75 bits per heavy atom. The summed E-state index contributed by atoms with van der Waals surface area (Å²) in [5, 5.41) is 13.2. The number of hydrogen-bond acceptors (Lipinski definition) is 2. The van der Waals surface area contributed by atoms with Gasteiger partial charge in [-0.05, 0) is 74.5 Å². The van der Waals surface area contributed by atoms with Gasteiger partial charge in [0.05, 0.1) is 8.95 Å². The van der Waals surface area contributed by atoms with Crippen molar-refractivity contribution >= 4 is 31.9 Å². The number of phenolic OH excluding ortho intramolecular Hbond substituents is 1. The summed E-state index contributed by atoms with van der Waals surface area (Å²) < 4.78 is 1.40. The predicted molar refractivity (Wildman–Crippen MR) is 89.9 cm³/mol. The minimum atomic E-state index is 0.237. The van der Waals surface area contributed by atoms with E-state index >= 15 is 0 Å². The van der Waals surface area contributed by atoms with Crippen LogP contribution in [0.3, 0.4) is 0 Å². The van der Waals surface area contributed by atoms with Crippen LogP contribution in [0.25, 0.3) is 0 Å². The molecule has 0 aliphatic rings. The van der Waals surface area contributed by atoms with Crippen molar-refractivity contribution in [2.24, 2.45) is 0 Å². The highest BCUT2D eigenvalue weighted by Gasteiger charge is 2.09. The zero-order valence-corrected chi connectivity index (χ0v) is 14.6. The van der Waals surface area contributed by atoms with Crippen LogP contribution in [0.1, 0.15) is 29.7 Å². The topological polar surface area (TPSA) is 32.3 Å². The molecule has 0 spiro atoms. The molecule has 2 N–H and O–H groups in total. The lowest BCUT2D eigenvalue weighted by Crippen LogP contribution is -2.18. The van der Waals surface area contributed by atoms with E-state index in [-0.39, 0.29) is 11.8 Å². The fourth-order valence-corrected chi connectivity index (χ4v) is 3.45. The number of nitrogens with one attached hydrogen (secondary N) is 1. The Kier molecular flexibility index (Phi) is 5.24. The maximum absolute atomic E-state index is 9.71. The molecule has 2 aromatic rings. The van der Waals surface area contributed by atoms with Gasteiger partial charge in [0, 0.05) is 12.6 Å². The molecule has 0 radical (unpaired) electrons. The zero-order valence-electron chi connectivity index (χ0n) is 11.5. The molecule has 0 aliphatic heterocycles. The third-order valence-electron chi connectivity index (χ3n) is 3.34. The second-order valence-corrected chi connectivity index (χ2v) is 6.58. The van der Waals surface area contributed by atoms with E-state index in [9.17, 15) is 5.11 Å². The Bertz CT molecular complexity index is 590. The van der Waals surface area contributed by atoms with Gasteiger partial charge in [-0.3, -0.25) is 0 Å². The maximum atomic E-state index is 9.71. The molecular weight excluding hydrogens is 382 g/mol. The van der Waals surface area contributed by atoms with Crippen LogP contribution in [-0.4, -0.2) is 5.11 Å². The van der Waals surface area contributed by atoms with Crippen LogP contribution < -0.4 is 5.32 Å². The molecule has 0 bridgehead atoms. The van der Waals surface area contributed by atoms with Crippen LogP contribution in [0, 0.1) is 6.92 Å². The Morgan fingerprint density at radius 3 is 2.35 bits per heavy atom. The van der Waals surface area contributed by atoms with Gasteiger partial charge in [-0.2, -0.15) is 0 Å². The molecule has 1 atom stereocenters. The summed E-state index contributed by atoms with van der Waals surface area (Å²) in [7, 11) is 0. The van der Waals surface area contributed by atoms with Crippen molar-refractivity contribution in [2.75, 3.05) is 0 Å². The van der Waals surface area contributed by atoms with E-state index in [1.165, 1.54) is 11.1 Å². The molecule has 106 valence electrons. The van der Waals surface area contributed by atoms with Gasteiger partial charge in [0.25, 0.3) is 0 Å². The van der Waals surface area contributed by atoms with Crippen molar-refractivity contribution in [1.82, 2.24) is 5.32 Å². The quantitative estimate of drug-likeness (QED) is 0.752.